The second kappa shape index (κ2) is 7.95. The number of rotatable bonds is 3. The zero-order chi connectivity index (χ0) is 19.3. The largest absolute Gasteiger partial charge is 0.337 e. The van der Waals surface area contributed by atoms with E-state index in [0.717, 1.165) is 5.56 Å². The van der Waals surface area contributed by atoms with Gasteiger partial charge in [-0.25, -0.2) is 19.2 Å². The molecule has 4 rings (SSSR count). The average molecular weight is 379 g/mol. The summed E-state index contributed by atoms with van der Waals surface area (Å²) in [4.78, 5) is 33.0. The Balaban J connectivity index is 1.39. The van der Waals surface area contributed by atoms with Crippen molar-refractivity contribution < 1.29 is 9.18 Å². The molecule has 1 aliphatic heterocycles. The van der Waals surface area contributed by atoms with Gasteiger partial charge in [-0.3, -0.25) is 4.98 Å². The molecule has 1 N–H and O–H groups in total. The molecule has 0 bridgehead atoms. The van der Waals surface area contributed by atoms with E-state index in [2.05, 4.69) is 25.3 Å². The van der Waals surface area contributed by atoms with Gasteiger partial charge >= 0.3 is 6.03 Å². The van der Waals surface area contributed by atoms with Gasteiger partial charge in [-0.05, 0) is 36.4 Å². The first-order valence-corrected chi connectivity index (χ1v) is 8.85. The Morgan fingerprint density at radius 1 is 1.04 bits per heavy atom. The molecule has 1 fully saturated rings. The lowest BCUT2D eigenvalue weighted by Gasteiger charge is -2.34. The van der Waals surface area contributed by atoms with Crippen LogP contribution in [0.15, 0.2) is 55.1 Å². The van der Waals surface area contributed by atoms with Gasteiger partial charge in [0.2, 0.25) is 5.95 Å². The van der Waals surface area contributed by atoms with Gasteiger partial charge in [0.25, 0.3) is 0 Å². The third-order valence-electron chi connectivity index (χ3n) is 4.42. The van der Waals surface area contributed by atoms with Crippen LogP contribution in [-0.4, -0.2) is 57.0 Å². The lowest BCUT2D eigenvalue weighted by molar-refractivity contribution is 0.208. The van der Waals surface area contributed by atoms with Crippen LogP contribution < -0.4 is 10.2 Å². The quantitative estimate of drug-likeness (QED) is 0.752. The Bertz CT molecular complexity index is 944. The number of urea groups is 1. The fourth-order valence-electron chi connectivity index (χ4n) is 2.93. The topological polar surface area (TPSA) is 87.1 Å². The minimum Gasteiger partial charge on any atom is -0.337 e. The third-order valence-corrected chi connectivity index (χ3v) is 4.42. The molecule has 3 heterocycles. The highest BCUT2D eigenvalue weighted by atomic mass is 19.1. The fraction of sp³-hybridized carbons (Fsp3) is 0.211. The predicted octanol–water partition coefficient (Wildman–Crippen LogP) is 2.43. The van der Waals surface area contributed by atoms with Crippen molar-refractivity contribution in [3.05, 3.63) is 60.9 Å². The van der Waals surface area contributed by atoms with E-state index in [9.17, 15) is 9.18 Å². The van der Waals surface area contributed by atoms with Gasteiger partial charge in [-0.15, -0.1) is 0 Å². The number of piperazine rings is 1. The summed E-state index contributed by atoms with van der Waals surface area (Å²) in [5.74, 6) is 0.724. The summed E-state index contributed by atoms with van der Waals surface area (Å²) in [6.45, 7) is 2.30. The van der Waals surface area contributed by atoms with Gasteiger partial charge in [0.05, 0.1) is 11.9 Å². The molecular weight excluding hydrogens is 361 g/mol. The molecule has 0 saturated carbocycles. The number of carbonyl (C=O) groups excluding carboxylic acids is 1. The number of anilines is 2. The summed E-state index contributed by atoms with van der Waals surface area (Å²) in [7, 11) is 0. The van der Waals surface area contributed by atoms with E-state index in [0.29, 0.717) is 43.6 Å². The maximum Gasteiger partial charge on any atom is 0.322 e. The van der Waals surface area contributed by atoms with Crippen molar-refractivity contribution in [2.45, 2.75) is 0 Å². The number of pyridine rings is 1. The number of aromatic nitrogens is 4. The molecule has 142 valence electrons. The molecule has 9 heteroatoms. The molecule has 1 saturated heterocycles. The van der Waals surface area contributed by atoms with Gasteiger partial charge in [0, 0.05) is 37.9 Å². The molecule has 1 aliphatic rings. The highest BCUT2D eigenvalue weighted by molar-refractivity contribution is 5.89. The zero-order valence-corrected chi connectivity index (χ0v) is 15.0. The molecule has 0 aliphatic carbocycles. The lowest BCUT2D eigenvalue weighted by atomic mass is 10.2. The van der Waals surface area contributed by atoms with E-state index < -0.39 is 0 Å². The van der Waals surface area contributed by atoms with E-state index in [1.807, 2.05) is 4.90 Å². The second-order valence-corrected chi connectivity index (χ2v) is 6.26. The van der Waals surface area contributed by atoms with Crippen LogP contribution in [-0.2, 0) is 0 Å². The van der Waals surface area contributed by atoms with Crippen LogP contribution in [0, 0.1) is 5.82 Å². The van der Waals surface area contributed by atoms with Gasteiger partial charge in [0.1, 0.15) is 12.1 Å². The van der Waals surface area contributed by atoms with Crippen LogP contribution in [0.25, 0.3) is 11.4 Å². The number of hydrogen-bond acceptors (Lipinski definition) is 6. The molecule has 3 aromatic rings. The van der Waals surface area contributed by atoms with Crippen LogP contribution in [0.4, 0.5) is 20.8 Å². The molecule has 0 radical (unpaired) electrons. The Morgan fingerprint density at radius 3 is 2.54 bits per heavy atom. The van der Waals surface area contributed by atoms with E-state index >= 15 is 0 Å². The van der Waals surface area contributed by atoms with Gasteiger partial charge < -0.3 is 15.1 Å². The first-order chi connectivity index (χ1) is 13.7. The van der Waals surface area contributed by atoms with Crippen LogP contribution >= 0.6 is 0 Å². The maximum absolute atomic E-state index is 13.1. The number of nitrogens with zero attached hydrogens (tertiary/aromatic N) is 6. The third kappa shape index (κ3) is 4.03. The van der Waals surface area contributed by atoms with Crippen LogP contribution in [0.5, 0.6) is 0 Å². The monoisotopic (exact) mass is 379 g/mol. The van der Waals surface area contributed by atoms with Crippen LogP contribution in [0.2, 0.25) is 0 Å². The highest BCUT2D eigenvalue weighted by Gasteiger charge is 2.23. The maximum atomic E-state index is 13.1. The number of benzene rings is 1. The normalized spacial score (nSPS) is 14.0. The molecule has 0 spiro atoms. The summed E-state index contributed by atoms with van der Waals surface area (Å²) in [5.41, 5.74) is 1.39. The van der Waals surface area contributed by atoms with Crippen molar-refractivity contribution in [3.8, 4) is 11.4 Å². The van der Waals surface area contributed by atoms with Gasteiger partial charge in [-0.1, -0.05) is 0 Å². The predicted molar refractivity (Wildman–Crippen MR) is 102 cm³/mol. The highest BCUT2D eigenvalue weighted by Crippen LogP contribution is 2.18. The van der Waals surface area contributed by atoms with E-state index in [4.69, 9.17) is 0 Å². The molecule has 8 nitrogen and oxygen atoms in total. The zero-order valence-electron chi connectivity index (χ0n) is 15.0. The van der Waals surface area contributed by atoms with Crippen LogP contribution in [0.1, 0.15) is 0 Å². The van der Waals surface area contributed by atoms with Crippen LogP contribution in [0.3, 0.4) is 0 Å². The lowest BCUT2D eigenvalue weighted by Crippen LogP contribution is -2.50. The standard InChI is InChI=1S/C19H18FN7O/c20-15-5-3-14(4-6-15)17-22-13-23-18(25-17)26-8-10-27(11-9-26)19(28)24-16-2-1-7-21-12-16/h1-7,12-13H,8-11H2,(H,24,28). The minimum absolute atomic E-state index is 0.157. The van der Waals surface area contributed by atoms with Crippen molar-refractivity contribution in [2.75, 3.05) is 36.4 Å². The molecule has 2 amide bonds. The molecule has 2 aromatic heterocycles. The Hall–Kier alpha value is -3.62. The summed E-state index contributed by atoms with van der Waals surface area (Å²) in [5, 5.41) is 2.84. The summed E-state index contributed by atoms with van der Waals surface area (Å²) in [6, 6.07) is 9.42. The SMILES string of the molecule is O=C(Nc1cccnc1)N1CCN(c2ncnc(-c3ccc(F)cc3)n2)CC1. The summed E-state index contributed by atoms with van der Waals surface area (Å²) in [6.07, 6.45) is 4.71. The minimum atomic E-state index is -0.307. The Labute approximate surface area is 161 Å². The average Bonchev–Trinajstić information content (AvgIpc) is 2.75. The van der Waals surface area contributed by atoms with Crippen molar-refractivity contribution >= 4 is 17.7 Å². The van der Waals surface area contributed by atoms with Crippen molar-refractivity contribution in [3.63, 3.8) is 0 Å². The van der Waals surface area contributed by atoms with Gasteiger partial charge in [-0.2, -0.15) is 4.98 Å². The number of hydrogen-bond donors (Lipinski definition) is 1. The Morgan fingerprint density at radius 2 is 1.82 bits per heavy atom. The first kappa shape index (κ1) is 17.8. The second-order valence-electron chi connectivity index (χ2n) is 6.26. The molecule has 28 heavy (non-hydrogen) atoms. The molecule has 0 atom stereocenters. The molecular formula is C19H18FN7O. The van der Waals surface area contributed by atoms with Gasteiger partial charge in [0.15, 0.2) is 5.82 Å². The summed E-state index contributed by atoms with van der Waals surface area (Å²) < 4.78 is 13.1. The van der Waals surface area contributed by atoms with Crippen molar-refractivity contribution in [2.24, 2.45) is 0 Å². The molecule has 0 unspecified atom stereocenters. The number of halogens is 1. The first-order valence-electron chi connectivity index (χ1n) is 8.85. The number of carbonyl (C=O) groups is 1. The molecule has 1 aromatic carbocycles. The fourth-order valence-corrected chi connectivity index (χ4v) is 2.93. The van der Waals surface area contributed by atoms with Crippen molar-refractivity contribution in [1.29, 1.82) is 0 Å². The van der Waals surface area contributed by atoms with E-state index in [1.165, 1.54) is 18.5 Å². The van der Waals surface area contributed by atoms with E-state index in [1.54, 1.807) is 41.6 Å². The number of nitrogens with one attached hydrogen (secondary N) is 1. The van der Waals surface area contributed by atoms with Crippen molar-refractivity contribution in [1.82, 2.24) is 24.8 Å². The smallest absolute Gasteiger partial charge is 0.322 e. The number of amides is 2. The Kier molecular flexibility index (Phi) is 5.05. The van der Waals surface area contributed by atoms with E-state index in [-0.39, 0.29) is 11.8 Å². The summed E-state index contributed by atoms with van der Waals surface area (Å²) >= 11 is 0.